The molecule has 2 N–H and O–H groups in total. The minimum atomic E-state index is -1.02. The quantitative estimate of drug-likeness (QED) is 0.508. The molecule has 0 saturated heterocycles. The largest absolute Gasteiger partial charge is 0.396 e. The molecule has 0 aliphatic heterocycles. The molecule has 2 aromatic rings. The van der Waals surface area contributed by atoms with Gasteiger partial charge in [-0.05, 0) is 59.0 Å². The Morgan fingerprint density at radius 2 is 1.67 bits per heavy atom. The molecule has 0 aliphatic carbocycles. The van der Waals surface area contributed by atoms with Crippen molar-refractivity contribution >= 4 is 34.1 Å². The van der Waals surface area contributed by atoms with Crippen molar-refractivity contribution in [2.24, 2.45) is 0 Å². The van der Waals surface area contributed by atoms with Crippen molar-refractivity contribution in [1.82, 2.24) is 0 Å². The van der Waals surface area contributed by atoms with Crippen LogP contribution in [0.5, 0.6) is 0 Å². The number of rotatable bonds is 2. The van der Waals surface area contributed by atoms with Gasteiger partial charge in [0.05, 0.1) is 11.3 Å². The Morgan fingerprint density at radius 3 is 2.28 bits per heavy atom. The van der Waals surface area contributed by atoms with Crippen LogP contribution in [0.2, 0.25) is 0 Å². The summed E-state index contributed by atoms with van der Waals surface area (Å²) in [6, 6.07) is 8.50. The van der Waals surface area contributed by atoms with Crippen LogP contribution in [0.4, 0.5) is 14.5 Å². The molecule has 0 spiro atoms. The zero-order chi connectivity index (χ0) is 13.3. The van der Waals surface area contributed by atoms with Gasteiger partial charge in [-0.3, -0.25) is 4.79 Å². The Hall–Kier alpha value is -1.50. The number of hydrogen-bond acceptors (Lipinski definition) is 2. The molecule has 5 heteroatoms. The van der Waals surface area contributed by atoms with Gasteiger partial charge in [0.2, 0.25) is 0 Å². The fraction of sp³-hybridized carbons (Fsp3) is 0. The number of carbonyl (C=O) groups excluding carboxylic acids is 1. The van der Waals surface area contributed by atoms with Gasteiger partial charge in [-0.15, -0.1) is 0 Å². The lowest BCUT2D eigenvalue weighted by atomic mass is 10.0. The second-order valence-corrected chi connectivity index (χ2v) is 4.91. The zero-order valence-electron chi connectivity index (χ0n) is 9.08. The van der Waals surface area contributed by atoms with Crippen LogP contribution in [0.3, 0.4) is 0 Å². The summed E-state index contributed by atoms with van der Waals surface area (Å²) >= 11 is 2.07. The van der Waals surface area contributed by atoms with Gasteiger partial charge in [0, 0.05) is 9.13 Å². The van der Waals surface area contributed by atoms with E-state index in [-0.39, 0.29) is 11.3 Å². The third-order valence-corrected chi connectivity index (χ3v) is 3.17. The van der Waals surface area contributed by atoms with Crippen molar-refractivity contribution in [1.29, 1.82) is 0 Å². The monoisotopic (exact) mass is 359 g/mol. The molecule has 0 radical (unpaired) electrons. The molecular formula is C13H8F2INO. The standard InChI is InChI=1S/C13H8F2INO/c14-9-5-6-10(17)12(15)11(9)13(18)7-1-3-8(16)4-2-7/h1-6H,17H2. The van der Waals surface area contributed by atoms with Gasteiger partial charge in [-0.25, -0.2) is 8.78 Å². The van der Waals surface area contributed by atoms with Crippen molar-refractivity contribution in [3.8, 4) is 0 Å². The van der Waals surface area contributed by atoms with Crippen molar-refractivity contribution < 1.29 is 13.6 Å². The molecule has 2 rings (SSSR count). The number of nitrogens with two attached hydrogens (primary N) is 1. The van der Waals surface area contributed by atoms with Crippen LogP contribution in [-0.4, -0.2) is 5.78 Å². The average molecular weight is 359 g/mol. The van der Waals surface area contributed by atoms with E-state index in [4.69, 9.17) is 5.73 Å². The van der Waals surface area contributed by atoms with Gasteiger partial charge in [0.15, 0.2) is 11.6 Å². The Morgan fingerprint density at radius 1 is 1.06 bits per heavy atom. The molecule has 0 heterocycles. The normalized spacial score (nSPS) is 10.4. The Bertz CT molecular complexity index is 611. The fourth-order valence-corrected chi connectivity index (χ4v) is 1.88. The van der Waals surface area contributed by atoms with Gasteiger partial charge in [0.25, 0.3) is 0 Å². The predicted octanol–water partition coefficient (Wildman–Crippen LogP) is 3.38. The summed E-state index contributed by atoms with van der Waals surface area (Å²) < 4.78 is 28.1. The second kappa shape index (κ2) is 5.01. The average Bonchev–Trinajstić information content (AvgIpc) is 2.35. The van der Waals surface area contributed by atoms with E-state index in [2.05, 4.69) is 22.6 Å². The van der Waals surface area contributed by atoms with Crippen molar-refractivity contribution in [3.05, 3.63) is 62.7 Å². The fourth-order valence-electron chi connectivity index (χ4n) is 1.52. The van der Waals surface area contributed by atoms with Gasteiger partial charge < -0.3 is 5.73 Å². The summed E-state index contributed by atoms with van der Waals surface area (Å²) in [5, 5.41) is 0. The van der Waals surface area contributed by atoms with Gasteiger partial charge in [-0.1, -0.05) is 0 Å². The van der Waals surface area contributed by atoms with Crippen molar-refractivity contribution in [3.63, 3.8) is 0 Å². The summed E-state index contributed by atoms with van der Waals surface area (Å²) in [5.74, 6) is -2.64. The Labute approximate surface area is 116 Å². The van der Waals surface area contributed by atoms with E-state index in [1.807, 2.05) is 0 Å². The molecule has 0 aliphatic rings. The molecule has 0 saturated carbocycles. The van der Waals surface area contributed by atoms with E-state index in [0.29, 0.717) is 0 Å². The summed E-state index contributed by atoms with van der Waals surface area (Å²) in [7, 11) is 0. The minimum Gasteiger partial charge on any atom is -0.396 e. The molecule has 2 aromatic carbocycles. The number of halogens is 3. The highest BCUT2D eigenvalue weighted by molar-refractivity contribution is 14.1. The molecule has 92 valence electrons. The van der Waals surface area contributed by atoms with Crippen LogP contribution < -0.4 is 5.73 Å². The third-order valence-electron chi connectivity index (χ3n) is 2.45. The van der Waals surface area contributed by atoms with Gasteiger partial charge in [0.1, 0.15) is 5.82 Å². The molecule has 0 unspecified atom stereocenters. The highest BCUT2D eigenvalue weighted by Gasteiger charge is 2.20. The number of benzene rings is 2. The highest BCUT2D eigenvalue weighted by Crippen LogP contribution is 2.22. The van der Waals surface area contributed by atoms with Gasteiger partial charge in [-0.2, -0.15) is 0 Å². The number of ketones is 1. The highest BCUT2D eigenvalue weighted by atomic mass is 127. The molecule has 0 bridgehead atoms. The van der Waals surface area contributed by atoms with Crippen LogP contribution in [0, 0.1) is 15.2 Å². The first-order valence-corrected chi connectivity index (χ1v) is 6.12. The molecule has 0 amide bonds. The Balaban J connectivity index is 2.52. The second-order valence-electron chi connectivity index (χ2n) is 3.66. The number of hydrogen-bond donors (Lipinski definition) is 1. The van der Waals surface area contributed by atoms with E-state index < -0.39 is 23.0 Å². The summed E-state index contributed by atoms with van der Waals surface area (Å²) in [5.41, 5.74) is 4.70. The summed E-state index contributed by atoms with van der Waals surface area (Å²) in [6.45, 7) is 0. The lowest BCUT2D eigenvalue weighted by molar-refractivity contribution is 0.103. The topological polar surface area (TPSA) is 43.1 Å². The lowest BCUT2D eigenvalue weighted by Crippen LogP contribution is -2.09. The number of nitrogen functional groups attached to an aromatic ring is 1. The van der Waals surface area contributed by atoms with E-state index in [1.54, 1.807) is 12.1 Å². The molecule has 18 heavy (non-hydrogen) atoms. The first-order chi connectivity index (χ1) is 8.50. The van der Waals surface area contributed by atoms with Gasteiger partial charge >= 0.3 is 0 Å². The predicted molar refractivity (Wildman–Crippen MR) is 73.4 cm³/mol. The van der Waals surface area contributed by atoms with Crippen LogP contribution in [0.25, 0.3) is 0 Å². The smallest absolute Gasteiger partial charge is 0.199 e. The van der Waals surface area contributed by atoms with E-state index in [0.717, 1.165) is 15.7 Å². The van der Waals surface area contributed by atoms with E-state index in [9.17, 15) is 13.6 Å². The SMILES string of the molecule is Nc1ccc(F)c(C(=O)c2ccc(I)cc2)c1F. The van der Waals surface area contributed by atoms with Crippen LogP contribution in [0.15, 0.2) is 36.4 Å². The van der Waals surface area contributed by atoms with Crippen molar-refractivity contribution in [2.75, 3.05) is 5.73 Å². The Kier molecular flexibility index (Phi) is 3.60. The summed E-state index contributed by atoms with van der Waals surface area (Å²) in [4.78, 5) is 12.0. The lowest BCUT2D eigenvalue weighted by Gasteiger charge is -2.06. The van der Waals surface area contributed by atoms with Crippen LogP contribution >= 0.6 is 22.6 Å². The number of anilines is 1. The maximum atomic E-state index is 13.7. The minimum absolute atomic E-state index is 0.221. The first-order valence-electron chi connectivity index (χ1n) is 5.04. The van der Waals surface area contributed by atoms with Crippen LogP contribution in [0.1, 0.15) is 15.9 Å². The molecule has 0 atom stereocenters. The molecular weight excluding hydrogens is 351 g/mol. The maximum Gasteiger partial charge on any atom is 0.199 e. The molecule has 2 nitrogen and oxygen atoms in total. The maximum absolute atomic E-state index is 13.7. The molecule has 0 fully saturated rings. The van der Waals surface area contributed by atoms with Crippen LogP contribution in [-0.2, 0) is 0 Å². The summed E-state index contributed by atoms with van der Waals surface area (Å²) in [6.07, 6.45) is 0. The zero-order valence-corrected chi connectivity index (χ0v) is 11.2. The third kappa shape index (κ3) is 2.35. The van der Waals surface area contributed by atoms with E-state index in [1.165, 1.54) is 12.1 Å². The van der Waals surface area contributed by atoms with Crippen molar-refractivity contribution in [2.45, 2.75) is 0 Å². The first kappa shape index (κ1) is 12.9. The molecule has 0 aromatic heterocycles. The number of carbonyl (C=O) groups is 1. The van der Waals surface area contributed by atoms with E-state index >= 15 is 0 Å².